The Morgan fingerprint density at radius 3 is 2.92 bits per heavy atom. The molecule has 2 amide bonds. The first kappa shape index (κ1) is 18.4. The molecule has 6 heteroatoms. The van der Waals surface area contributed by atoms with Crippen LogP contribution in [0, 0.1) is 12.8 Å². The number of hydrogen-bond acceptors (Lipinski definition) is 4. The smallest absolute Gasteiger partial charge is 0.289 e. The van der Waals surface area contributed by atoms with Crippen molar-refractivity contribution in [2.45, 2.75) is 51.3 Å². The molecule has 25 heavy (non-hydrogen) atoms. The largest absolute Gasteiger partial charge is 0.456 e. The van der Waals surface area contributed by atoms with Crippen LogP contribution >= 0.6 is 11.8 Å². The number of hydrogen-bond donors (Lipinski definition) is 0. The number of rotatable bonds is 6. The molecule has 2 atom stereocenters. The maximum atomic E-state index is 12.9. The fourth-order valence-corrected chi connectivity index (χ4v) is 4.82. The lowest BCUT2D eigenvalue weighted by molar-refractivity contribution is -0.138. The molecule has 1 aromatic heterocycles. The second-order valence-corrected chi connectivity index (χ2v) is 8.29. The number of fused-ring (bicyclic) bond motifs is 4. The summed E-state index contributed by atoms with van der Waals surface area (Å²) in [4.78, 5) is 28.9. The maximum Gasteiger partial charge on any atom is 0.289 e. The molecule has 1 aromatic rings. The van der Waals surface area contributed by atoms with Crippen molar-refractivity contribution in [1.82, 2.24) is 9.80 Å². The van der Waals surface area contributed by atoms with Gasteiger partial charge in [-0.1, -0.05) is 13.3 Å². The fourth-order valence-electron chi connectivity index (χ4n) is 3.68. The summed E-state index contributed by atoms with van der Waals surface area (Å²) >= 11 is 1.88. The molecule has 138 valence electrons. The van der Waals surface area contributed by atoms with Gasteiger partial charge in [0, 0.05) is 37.5 Å². The summed E-state index contributed by atoms with van der Waals surface area (Å²) in [5, 5.41) is 0. The Hall–Kier alpha value is -1.43. The second kappa shape index (κ2) is 7.85. The second-order valence-electron chi connectivity index (χ2n) is 7.19. The molecule has 4 rings (SSSR count). The van der Waals surface area contributed by atoms with Gasteiger partial charge < -0.3 is 14.2 Å². The number of carbonyl (C=O) groups excluding carboxylic acids is 2. The van der Waals surface area contributed by atoms with Crippen LogP contribution in [0.15, 0.2) is 10.5 Å². The Labute approximate surface area is 154 Å². The highest BCUT2D eigenvalue weighted by molar-refractivity contribution is 7.98. The highest BCUT2D eigenvalue weighted by atomic mass is 32.2. The quantitative estimate of drug-likeness (QED) is 0.727. The molecule has 0 aromatic carbocycles. The number of carbonyl (C=O) groups is 2. The van der Waals surface area contributed by atoms with Gasteiger partial charge in [-0.05, 0) is 38.0 Å². The Morgan fingerprint density at radius 1 is 1.36 bits per heavy atom. The van der Waals surface area contributed by atoms with Gasteiger partial charge in [0.2, 0.25) is 5.91 Å². The van der Waals surface area contributed by atoms with E-state index in [1.165, 1.54) is 12.8 Å². The van der Waals surface area contributed by atoms with Crippen molar-refractivity contribution in [1.29, 1.82) is 0 Å². The van der Waals surface area contributed by atoms with Gasteiger partial charge in [0.15, 0.2) is 5.76 Å². The van der Waals surface area contributed by atoms with Crippen LogP contribution in [0.2, 0.25) is 0 Å². The van der Waals surface area contributed by atoms with Crippen molar-refractivity contribution >= 4 is 23.6 Å². The number of nitrogens with zero attached hydrogens (tertiary/aromatic N) is 2. The lowest BCUT2D eigenvalue weighted by Gasteiger charge is -2.32. The molecule has 3 aliphatic rings. The Bertz CT molecular complexity index is 643. The first-order valence-electron chi connectivity index (χ1n) is 9.24. The molecule has 5 nitrogen and oxygen atoms in total. The van der Waals surface area contributed by atoms with Gasteiger partial charge in [-0.2, -0.15) is 11.8 Å². The third-order valence-electron chi connectivity index (χ3n) is 5.38. The first-order chi connectivity index (χ1) is 12.0. The van der Waals surface area contributed by atoms with Gasteiger partial charge in [0.25, 0.3) is 5.91 Å². The zero-order valence-corrected chi connectivity index (χ0v) is 16.2. The summed E-state index contributed by atoms with van der Waals surface area (Å²) in [5.41, 5.74) is 1.11. The van der Waals surface area contributed by atoms with Crippen LogP contribution in [0.4, 0.5) is 0 Å². The predicted molar refractivity (Wildman–Crippen MR) is 99.7 cm³/mol. The summed E-state index contributed by atoms with van der Waals surface area (Å²) in [6.45, 7) is 5.24. The number of likely N-dealkylation sites (N-methyl/N-ethyl adjacent to an activating group) is 1. The van der Waals surface area contributed by atoms with Crippen LogP contribution in [-0.4, -0.2) is 53.5 Å². The SMILES string of the molecule is CCCCSCc1cc(C(=O)N2C[C@H]3CC[C@@H](C2)N(C)C3=O)oc1C. The lowest BCUT2D eigenvalue weighted by atomic mass is 9.95. The molecular weight excluding hydrogens is 336 g/mol. The van der Waals surface area contributed by atoms with Gasteiger partial charge in [-0.15, -0.1) is 0 Å². The van der Waals surface area contributed by atoms with Crippen molar-refractivity contribution < 1.29 is 14.0 Å². The minimum atomic E-state index is -0.0760. The summed E-state index contributed by atoms with van der Waals surface area (Å²) in [7, 11) is 1.86. The third kappa shape index (κ3) is 3.89. The van der Waals surface area contributed by atoms with E-state index in [2.05, 4.69) is 6.92 Å². The zero-order valence-electron chi connectivity index (χ0n) is 15.4. The summed E-state index contributed by atoms with van der Waals surface area (Å²) in [5.74, 6) is 3.30. The van der Waals surface area contributed by atoms with Gasteiger partial charge >= 0.3 is 0 Å². The topological polar surface area (TPSA) is 53.8 Å². The Kier molecular flexibility index (Phi) is 5.77. The highest BCUT2D eigenvalue weighted by Crippen LogP contribution is 2.29. The van der Waals surface area contributed by atoms with E-state index in [4.69, 9.17) is 4.42 Å². The highest BCUT2D eigenvalue weighted by Gasteiger charge is 2.40. The Morgan fingerprint density at radius 2 is 2.16 bits per heavy atom. The molecule has 3 fully saturated rings. The van der Waals surface area contributed by atoms with Crippen LogP contribution in [0.25, 0.3) is 0 Å². The van der Waals surface area contributed by atoms with Crippen LogP contribution in [0.1, 0.15) is 54.5 Å². The van der Waals surface area contributed by atoms with Crippen molar-refractivity contribution in [2.75, 3.05) is 25.9 Å². The van der Waals surface area contributed by atoms with Crippen LogP contribution in [-0.2, 0) is 10.5 Å². The van der Waals surface area contributed by atoms with Crippen LogP contribution in [0.3, 0.4) is 0 Å². The van der Waals surface area contributed by atoms with E-state index in [-0.39, 0.29) is 23.8 Å². The van der Waals surface area contributed by atoms with Crippen molar-refractivity contribution in [3.05, 3.63) is 23.2 Å². The minimum absolute atomic E-state index is 0.0622. The number of unbranched alkanes of at least 4 members (excludes halogenated alkanes) is 1. The number of thioether (sulfide) groups is 1. The summed E-state index contributed by atoms with van der Waals surface area (Å²) in [6, 6.07) is 2.03. The number of amides is 2. The normalized spacial score (nSPS) is 23.2. The van der Waals surface area contributed by atoms with Crippen molar-refractivity contribution in [2.24, 2.45) is 5.92 Å². The first-order valence-corrected chi connectivity index (χ1v) is 10.4. The lowest BCUT2D eigenvalue weighted by Crippen LogP contribution is -2.45. The molecular formula is C19H28N2O3S. The molecule has 0 aliphatic carbocycles. The minimum Gasteiger partial charge on any atom is -0.456 e. The average Bonchev–Trinajstić information content (AvgIpc) is 2.78. The van der Waals surface area contributed by atoms with Gasteiger partial charge in [0.05, 0.1) is 5.92 Å². The molecule has 4 heterocycles. The molecule has 0 spiro atoms. The van der Waals surface area contributed by atoms with Crippen LogP contribution in [0.5, 0.6) is 0 Å². The van der Waals surface area contributed by atoms with E-state index in [1.807, 2.05) is 41.6 Å². The van der Waals surface area contributed by atoms with Crippen molar-refractivity contribution in [3.8, 4) is 0 Å². The van der Waals surface area contributed by atoms with E-state index in [0.29, 0.717) is 18.8 Å². The molecule has 3 saturated heterocycles. The number of aryl methyl sites for hydroxylation is 1. The molecule has 3 aliphatic heterocycles. The third-order valence-corrected chi connectivity index (χ3v) is 6.48. The van der Waals surface area contributed by atoms with E-state index in [9.17, 15) is 9.59 Å². The van der Waals surface area contributed by atoms with E-state index in [1.54, 1.807) is 0 Å². The summed E-state index contributed by atoms with van der Waals surface area (Å²) < 4.78 is 5.77. The van der Waals surface area contributed by atoms with Crippen molar-refractivity contribution in [3.63, 3.8) is 0 Å². The molecule has 0 unspecified atom stereocenters. The zero-order chi connectivity index (χ0) is 18.0. The molecule has 2 bridgehead atoms. The number of piperidine rings is 1. The van der Waals surface area contributed by atoms with Crippen LogP contribution < -0.4 is 0 Å². The summed E-state index contributed by atoms with van der Waals surface area (Å²) in [6.07, 6.45) is 4.28. The average molecular weight is 365 g/mol. The molecule has 0 N–H and O–H groups in total. The van der Waals surface area contributed by atoms with Gasteiger partial charge in [-0.25, -0.2) is 0 Å². The maximum absolute atomic E-state index is 12.9. The van der Waals surface area contributed by atoms with E-state index in [0.717, 1.165) is 35.7 Å². The monoisotopic (exact) mass is 364 g/mol. The molecule has 0 radical (unpaired) electrons. The van der Waals surface area contributed by atoms with E-state index >= 15 is 0 Å². The standard InChI is InChI=1S/C19H28N2O3S/c1-4-5-8-25-12-15-9-17(24-13(15)2)19(23)21-10-14-6-7-16(11-21)20(3)18(14)22/h9,14,16H,4-8,10-12H2,1-3H3/t14-,16+/m1/s1. The van der Waals surface area contributed by atoms with Gasteiger partial charge in [0.1, 0.15) is 5.76 Å². The van der Waals surface area contributed by atoms with E-state index < -0.39 is 0 Å². The van der Waals surface area contributed by atoms with Gasteiger partial charge in [-0.3, -0.25) is 9.59 Å². The number of furan rings is 1. The molecule has 0 saturated carbocycles. The predicted octanol–water partition coefficient (Wildman–Crippen LogP) is 3.31. The Balaban J connectivity index is 1.68. The fraction of sp³-hybridized carbons (Fsp3) is 0.684.